The second kappa shape index (κ2) is 6.09. The Morgan fingerprint density at radius 1 is 1.00 bits per heavy atom. The molecule has 106 valence electrons. The molecule has 1 N–H and O–H groups in total. The maximum atomic E-state index is 10.7. The van der Waals surface area contributed by atoms with Crippen LogP contribution in [-0.2, 0) is 0 Å². The molecule has 0 bridgehead atoms. The van der Waals surface area contributed by atoms with Crippen molar-refractivity contribution < 1.29 is 5.11 Å². The summed E-state index contributed by atoms with van der Waals surface area (Å²) in [7, 11) is 0. The first-order valence-corrected chi connectivity index (χ1v) is 7.75. The van der Waals surface area contributed by atoms with Crippen molar-refractivity contribution in [1.82, 2.24) is 0 Å². The van der Waals surface area contributed by atoms with Gasteiger partial charge in [-0.3, -0.25) is 0 Å². The second-order valence-electron chi connectivity index (χ2n) is 6.65. The molecule has 0 aliphatic heterocycles. The predicted molar refractivity (Wildman–Crippen MR) is 81.2 cm³/mol. The third kappa shape index (κ3) is 3.20. The lowest BCUT2D eigenvalue weighted by atomic mass is 9.74. The first-order valence-electron chi connectivity index (χ1n) is 7.75. The van der Waals surface area contributed by atoms with E-state index in [-0.39, 0.29) is 6.10 Å². The number of rotatable bonds is 3. The minimum atomic E-state index is -0.270. The third-order valence-corrected chi connectivity index (χ3v) is 5.17. The molecule has 1 fully saturated rings. The average Bonchev–Trinajstić information content (AvgIpc) is 2.41. The van der Waals surface area contributed by atoms with E-state index in [1.165, 1.54) is 36.8 Å². The van der Waals surface area contributed by atoms with Crippen LogP contribution in [0.1, 0.15) is 62.3 Å². The first-order chi connectivity index (χ1) is 9.00. The van der Waals surface area contributed by atoms with Crippen LogP contribution in [-0.4, -0.2) is 5.11 Å². The molecule has 0 saturated heterocycles. The molecule has 1 unspecified atom stereocenters. The molecule has 2 rings (SSSR count). The highest BCUT2D eigenvalue weighted by Crippen LogP contribution is 2.40. The lowest BCUT2D eigenvalue weighted by Crippen LogP contribution is -2.23. The molecule has 0 radical (unpaired) electrons. The molecule has 1 aliphatic carbocycles. The standard InChI is InChI=1S/C18H28O/c1-12(2)15-8-10-16(11-9-15)18(19)17-7-5-6-13(3)14(17)4/h5-7,12,15-16,18-19H,8-11H2,1-4H3. The summed E-state index contributed by atoms with van der Waals surface area (Å²) in [6.45, 7) is 8.91. The molecule has 1 aromatic carbocycles. The number of hydrogen-bond donors (Lipinski definition) is 1. The fraction of sp³-hybridized carbons (Fsp3) is 0.667. The molecule has 1 heteroatoms. The number of aliphatic hydroxyl groups excluding tert-OH is 1. The molecule has 0 amide bonds. The molecule has 0 aromatic heterocycles. The Kier molecular flexibility index (Phi) is 4.67. The van der Waals surface area contributed by atoms with Gasteiger partial charge in [0.25, 0.3) is 0 Å². The predicted octanol–water partition coefficient (Wildman–Crippen LogP) is 4.80. The van der Waals surface area contributed by atoms with Crippen LogP contribution in [0.15, 0.2) is 18.2 Å². The monoisotopic (exact) mass is 260 g/mol. The van der Waals surface area contributed by atoms with Crippen LogP contribution in [0.3, 0.4) is 0 Å². The van der Waals surface area contributed by atoms with E-state index in [0.717, 1.165) is 17.4 Å². The lowest BCUT2D eigenvalue weighted by molar-refractivity contribution is 0.0663. The Hall–Kier alpha value is -0.820. The van der Waals surface area contributed by atoms with Gasteiger partial charge >= 0.3 is 0 Å². The number of aliphatic hydroxyl groups is 1. The average molecular weight is 260 g/mol. The molecular formula is C18H28O. The van der Waals surface area contributed by atoms with Crippen molar-refractivity contribution in [3.8, 4) is 0 Å². The smallest absolute Gasteiger partial charge is 0.0820 e. The minimum Gasteiger partial charge on any atom is -0.388 e. The topological polar surface area (TPSA) is 20.2 Å². The highest BCUT2D eigenvalue weighted by Gasteiger charge is 2.29. The SMILES string of the molecule is Cc1cccc(C(O)C2CCC(C(C)C)CC2)c1C. The summed E-state index contributed by atoms with van der Waals surface area (Å²) < 4.78 is 0. The number of aryl methyl sites for hydroxylation is 1. The van der Waals surface area contributed by atoms with Crippen molar-refractivity contribution in [2.45, 2.75) is 59.5 Å². The van der Waals surface area contributed by atoms with Crippen molar-refractivity contribution in [3.63, 3.8) is 0 Å². The van der Waals surface area contributed by atoms with Gasteiger partial charge in [-0.05, 0) is 74.0 Å². The molecular weight excluding hydrogens is 232 g/mol. The zero-order chi connectivity index (χ0) is 14.0. The largest absolute Gasteiger partial charge is 0.388 e. The maximum absolute atomic E-state index is 10.7. The zero-order valence-electron chi connectivity index (χ0n) is 12.8. The summed E-state index contributed by atoms with van der Waals surface area (Å²) in [5.41, 5.74) is 3.70. The zero-order valence-corrected chi connectivity index (χ0v) is 12.8. The van der Waals surface area contributed by atoms with E-state index in [1.807, 2.05) is 0 Å². The Bertz CT molecular complexity index is 414. The summed E-state index contributed by atoms with van der Waals surface area (Å²) in [6, 6.07) is 6.30. The molecule has 1 aromatic rings. The first kappa shape index (κ1) is 14.6. The van der Waals surface area contributed by atoms with Crippen LogP contribution >= 0.6 is 0 Å². The van der Waals surface area contributed by atoms with Crippen molar-refractivity contribution in [1.29, 1.82) is 0 Å². The van der Waals surface area contributed by atoms with Gasteiger partial charge in [0.15, 0.2) is 0 Å². The van der Waals surface area contributed by atoms with E-state index in [0.29, 0.717) is 5.92 Å². The molecule has 0 heterocycles. The van der Waals surface area contributed by atoms with Gasteiger partial charge in [-0.15, -0.1) is 0 Å². The highest BCUT2D eigenvalue weighted by molar-refractivity contribution is 5.34. The van der Waals surface area contributed by atoms with Gasteiger partial charge in [0, 0.05) is 0 Å². The van der Waals surface area contributed by atoms with E-state index < -0.39 is 0 Å². The van der Waals surface area contributed by atoms with Crippen LogP contribution in [0.4, 0.5) is 0 Å². The van der Waals surface area contributed by atoms with Crippen LogP contribution in [0.2, 0.25) is 0 Å². The highest BCUT2D eigenvalue weighted by atomic mass is 16.3. The second-order valence-corrected chi connectivity index (χ2v) is 6.65. The fourth-order valence-electron chi connectivity index (χ4n) is 3.48. The Morgan fingerprint density at radius 3 is 2.16 bits per heavy atom. The summed E-state index contributed by atoms with van der Waals surface area (Å²) in [5.74, 6) is 2.11. The normalized spacial score (nSPS) is 25.6. The van der Waals surface area contributed by atoms with Crippen molar-refractivity contribution >= 4 is 0 Å². The fourth-order valence-corrected chi connectivity index (χ4v) is 3.48. The van der Waals surface area contributed by atoms with Gasteiger partial charge in [-0.1, -0.05) is 32.0 Å². The van der Waals surface area contributed by atoms with E-state index in [9.17, 15) is 5.11 Å². The van der Waals surface area contributed by atoms with Crippen LogP contribution < -0.4 is 0 Å². The van der Waals surface area contributed by atoms with E-state index >= 15 is 0 Å². The molecule has 1 aliphatic rings. The van der Waals surface area contributed by atoms with Gasteiger partial charge in [-0.2, -0.15) is 0 Å². The summed E-state index contributed by atoms with van der Waals surface area (Å²) in [6.07, 6.45) is 4.65. The molecule has 1 saturated carbocycles. The van der Waals surface area contributed by atoms with Crippen LogP contribution in [0.5, 0.6) is 0 Å². The molecule has 0 spiro atoms. The van der Waals surface area contributed by atoms with E-state index in [4.69, 9.17) is 0 Å². The van der Waals surface area contributed by atoms with Gasteiger partial charge in [-0.25, -0.2) is 0 Å². The van der Waals surface area contributed by atoms with E-state index in [1.54, 1.807) is 0 Å². The Balaban J connectivity index is 2.05. The maximum Gasteiger partial charge on any atom is 0.0820 e. The van der Waals surface area contributed by atoms with Gasteiger partial charge in [0.1, 0.15) is 0 Å². The van der Waals surface area contributed by atoms with E-state index in [2.05, 4.69) is 45.9 Å². The minimum absolute atomic E-state index is 0.270. The van der Waals surface area contributed by atoms with Crippen LogP contribution in [0, 0.1) is 31.6 Å². The lowest BCUT2D eigenvalue weighted by Gasteiger charge is -2.34. The van der Waals surface area contributed by atoms with Crippen molar-refractivity contribution in [2.75, 3.05) is 0 Å². The quantitative estimate of drug-likeness (QED) is 0.827. The van der Waals surface area contributed by atoms with Crippen molar-refractivity contribution in [3.05, 3.63) is 34.9 Å². The number of hydrogen-bond acceptors (Lipinski definition) is 1. The summed E-state index contributed by atoms with van der Waals surface area (Å²) in [5, 5.41) is 10.7. The molecule has 19 heavy (non-hydrogen) atoms. The third-order valence-electron chi connectivity index (χ3n) is 5.17. The van der Waals surface area contributed by atoms with Gasteiger partial charge in [0.05, 0.1) is 6.10 Å². The number of benzene rings is 1. The molecule has 1 nitrogen and oxygen atoms in total. The summed E-state index contributed by atoms with van der Waals surface area (Å²) in [4.78, 5) is 0. The van der Waals surface area contributed by atoms with Gasteiger partial charge < -0.3 is 5.11 Å². The van der Waals surface area contributed by atoms with Gasteiger partial charge in [0.2, 0.25) is 0 Å². The summed E-state index contributed by atoms with van der Waals surface area (Å²) >= 11 is 0. The Morgan fingerprint density at radius 2 is 1.58 bits per heavy atom. The Labute approximate surface area is 118 Å². The molecule has 1 atom stereocenters. The van der Waals surface area contributed by atoms with Crippen LogP contribution in [0.25, 0.3) is 0 Å². The van der Waals surface area contributed by atoms with Crippen molar-refractivity contribution in [2.24, 2.45) is 17.8 Å².